The molecule has 5 rings (SSSR count). The fraction of sp³-hybridized carbons (Fsp3) is 0.172. The summed E-state index contributed by atoms with van der Waals surface area (Å²) in [7, 11) is 0. The number of nitrogens with zero attached hydrogens (tertiary/aromatic N) is 2. The molecule has 3 heterocycles. The van der Waals surface area contributed by atoms with Crippen LogP contribution in [0.15, 0.2) is 65.3 Å². The van der Waals surface area contributed by atoms with Gasteiger partial charge in [-0.2, -0.15) is 5.10 Å². The van der Waals surface area contributed by atoms with Crippen LogP contribution < -0.4 is 5.32 Å². The number of aromatic nitrogens is 3. The number of Topliss-reactive ketones (excluding diaryl/α,β-unsaturated/α-hetero) is 1. The zero-order valence-electron chi connectivity index (χ0n) is 21.3. The second-order valence-electron chi connectivity index (χ2n) is 10.0. The molecule has 0 aliphatic carbocycles. The lowest BCUT2D eigenvalue weighted by Crippen LogP contribution is -2.22. The number of rotatable bonds is 6. The third kappa shape index (κ3) is 5.18. The highest BCUT2D eigenvalue weighted by atomic mass is 35.5. The highest BCUT2D eigenvalue weighted by Gasteiger charge is 2.32. The van der Waals surface area contributed by atoms with Gasteiger partial charge in [-0.1, -0.05) is 68.2 Å². The Kier molecular flexibility index (Phi) is 7.03. The number of benzene rings is 2. The van der Waals surface area contributed by atoms with Crippen molar-refractivity contribution in [1.82, 2.24) is 15.2 Å². The maximum atomic E-state index is 13.3. The molecular formula is C29H24Cl2N4O4. The molecule has 198 valence electrons. The number of aromatic amines is 1. The van der Waals surface area contributed by atoms with E-state index in [0.717, 1.165) is 16.7 Å². The van der Waals surface area contributed by atoms with Crippen molar-refractivity contribution >= 4 is 51.7 Å². The Hall–Kier alpha value is -3.98. The molecule has 0 bridgehead atoms. The number of furan rings is 1. The second-order valence-corrected chi connectivity index (χ2v) is 10.9. The summed E-state index contributed by atoms with van der Waals surface area (Å²) in [5, 5.41) is 20.2. The van der Waals surface area contributed by atoms with Crippen molar-refractivity contribution in [3.8, 4) is 33.5 Å². The first kappa shape index (κ1) is 26.6. The van der Waals surface area contributed by atoms with Gasteiger partial charge < -0.3 is 14.8 Å². The average Bonchev–Trinajstić information content (AvgIpc) is 3.56. The van der Waals surface area contributed by atoms with E-state index < -0.39 is 17.9 Å². The maximum Gasteiger partial charge on any atom is 0.250 e. The number of amides is 1. The molecule has 1 amide bonds. The predicted octanol–water partition coefficient (Wildman–Crippen LogP) is 7.02. The first-order valence-corrected chi connectivity index (χ1v) is 12.8. The first-order valence-electron chi connectivity index (χ1n) is 12.0. The molecule has 0 aliphatic rings. The topological polar surface area (TPSA) is 121 Å². The molecule has 0 unspecified atom stereocenters. The SMILES string of the molecule is CC(C)(C)C(=O)c1oc2nc(-c3ccc(-c4cn[nH]c4)cc3Cl)c(-c3ccc(Cl)cc3)cc2c1NC(=O)CO. The Morgan fingerprint density at radius 1 is 1.00 bits per heavy atom. The molecule has 0 saturated heterocycles. The first-order chi connectivity index (χ1) is 18.6. The van der Waals surface area contributed by atoms with E-state index in [4.69, 9.17) is 32.6 Å². The van der Waals surface area contributed by atoms with Crippen LogP contribution in [0.3, 0.4) is 0 Å². The number of anilines is 1. The Morgan fingerprint density at radius 3 is 2.33 bits per heavy atom. The fourth-order valence-corrected chi connectivity index (χ4v) is 4.57. The lowest BCUT2D eigenvalue weighted by Gasteiger charge is -2.15. The number of halogens is 2. The van der Waals surface area contributed by atoms with Crippen LogP contribution in [0.2, 0.25) is 10.0 Å². The normalized spacial score (nSPS) is 11.6. The number of aliphatic hydroxyl groups is 1. The van der Waals surface area contributed by atoms with Gasteiger partial charge in [0.1, 0.15) is 12.3 Å². The van der Waals surface area contributed by atoms with E-state index in [1.165, 1.54) is 0 Å². The maximum absolute atomic E-state index is 13.3. The summed E-state index contributed by atoms with van der Waals surface area (Å²) < 4.78 is 5.99. The minimum atomic E-state index is -0.805. The van der Waals surface area contributed by atoms with E-state index >= 15 is 0 Å². The molecule has 0 spiro atoms. The molecule has 0 saturated carbocycles. The number of H-pyrrole nitrogens is 1. The highest BCUT2D eigenvalue weighted by Crippen LogP contribution is 2.42. The van der Waals surface area contributed by atoms with Gasteiger partial charge in [0, 0.05) is 33.3 Å². The fourth-order valence-electron chi connectivity index (χ4n) is 4.18. The average molecular weight is 563 g/mol. The number of aliphatic hydroxyl groups excluding tert-OH is 1. The third-order valence-corrected chi connectivity index (χ3v) is 6.75. The van der Waals surface area contributed by atoms with Crippen LogP contribution in [0, 0.1) is 5.41 Å². The summed E-state index contributed by atoms with van der Waals surface area (Å²) in [6.07, 6.45) is 3.47. The quantitative estimate of drug-likeness (QED) is 0.191. The van der Waals surface area contributed by atoms with Crippen molar-refractivity contribution < 1.29 is 19.1 Å². The van der Waals surface area contributed by atoms with Gasteiger partial charge in [0.25, 0.3) is 0 Å². The lowest BCUT2D eigenvalue weighted by molar-refractivity contribution is -0.118. The molecule has 2 aromatic carbocycles. The minimum Gasteiger partial charge on any atom is -0.432 e. The number of hydrogen-bond donors (Lipinski definition) is 3. The number of carbonyl (C=O) groups is 2. The van der Waals surface area contributed by atoms with Gasteiger partial charge in [-0.3, -0.25) is 14.7 Å². The summed E-state index contributed by atoms with van der Waals surface area (Å²) >= 11 is 12.9. The molecule has 0 aliphatic heterocycles. The number of carbonyl (C=O) groups excluding carboxylic acids is 2. The highest BCUT2D eigenvalue weighted by molar-refractivity contribution is 6.34. The van der Waals surface area contributed by atoms with E-state index in [2.05, 4.69) is 15.5 Å². The van der Waals surface area contributed by atoms with Crippen molar-refractivity contribution in [1.29, 1.82) is 0 Å². The van der Waals surface area contributed by atoms with Crippen molar-refractivity contribution in [2.24, 2.45) is 5.41 Å². The molecule has 3 aromatic heterocycles. The zero-order chi connectivity index (χ0) is 27.9. The molecule has 5 aromatic rings. The third-order valence-electron chi connectivity index (χ3n) is 6.19. The van der Waals surface area contributed by atoms with Crippen molar-refractivity contribution in [2.75, 3.05) is 11.9 Å². The predicted molar refractivity (Wildman–Crippen MR) is 152 cm³/mol. The minimum absolute atomic E-state index is 0.0487. The van der Waals surface area contributed by atoms with Crippen molar-refractivity contribution in [3.05, 3.63) is 76.7 Å². The molecule has 10 heteroatoms. The van der Waals surface area contributed by atoms with Gasteiger partial charge in [-0.15, -0.1) is 0 Å². The van der Waals surface area contributed by atoms with Gasteiger partial charge in [0.15, 0.2) is 5.76 Å². The second kappa shape index (κ2) is 10.3. The smallest absolute Gasteiger partial charge is 0.250 e. The monoisotopic (exact) mass is 562 g/mol. The number of fused-ring (bicyclic) bond motifs is 1. The molecule has 0 radical (unpaired) electrons. The van der Waals surface area contributed by atoms with Crippen LogP contribution in [-0.2, 0) is 4.79 Å². The van der Waals surface area contributed by atoms with Crippen molar-refractivity contribution in [3.63, 3.8) is 0 Å². The Balaban J connectivity index is 1.78. The summed E-state index contributed by atoms with van der Waals surface area (Å²) in [6, 6.07) is 14.6. The zero-order valence-corrected chi connectivity index (χ0v) is 22.8. The van der Waals surface area contributed by atoms with Crippen LogP contribution in [0.5, 0.6) is 0 Å². The summed E-state index contributed by atoms with van der Waals surface area (Å²) in [4.78, 5) is 30.3. The van der Waals surface area contributed by atoms with Crippen LogP contribution in [0.1, 0.15) is 31.3 Å². The lowest BCUT2D eigenvalue weighted by atomic mass is 9.88. The Morgan fingerprint density at radius 2 is 1.72 bits per heavy atom. The van der Waals surface area contributed by atoms with Gasteiger partial charge in [-0.25, -0.2) is 4.98 Å². The molecule has 8 nitrogen and oxygen atoms in total. The van der Waals surface area contributed by atoms with E-state index in [0.29, 0.717) is 32.3 Å². The number of nitrogens with one attached hydrogen (secondary N) is 2. The van der Waals surface area contributed by atoms with Gasteiger partial charge in [0.05, 0.1) is 22.3 Å². The van der Waals surface area contributed by atoms with Crippen LogP contribution in [0.4, 0.5) is 5.69 Å². The standard InChI is InChI=1S/C29H24Cl2N4O4/c1-29(2,3)27(38)26-25(34-23(37)14-36)21-11-20(15-4-7-18(30)8-5-15)24(35-28(21)39-26)19-9-6-16(10-22(19)31)17-12-32-33-13-17/h4-13,36H,14H2,1-3H3,(H,32,33)(H,34,37). The molecular weight excluding hydrogens is 539 g/mol. The van der Waals surface area contributed by atoms with Crippen LogP contribution >= 0.6 is 23.2 Å². The van der Waals surface area contributed by atoms with Gasteiger partial charge in [0.2, 0.25) is 17.4 Å². The van der Waals surface area contributed by atoms with Crippen LogP contribution in [0.25, 0.3) is 44.6 Å². The van der Waals surface area contributed by atoms with E-state index in [-0.39, 0.29) is 22.9 Å². The van der Waals surface area contributed by atoms with E-state index in [1.54, 1.807) is 51.4 Å². The van der Waals surface area contributed by atoms with E-state index in [9.17, 15) is 14.7 Å². The number of pyridine rings is 1. The van der Waals surface area contributed by atoms with Gasteiger partial charge in [-0.05, 0) is 35.4 Å². The number of hydrogen-bond acceptors (Lipinski definition) is 6. The van der Waals surface area contributed by atoms with Gasteiger partial charge >= 0.3 is 0 Å². The molecule has 39 heavy (non-hydrogen) atoms. The largest absolute Gasteiger partial charge is 0.432 e. The van der Waals surface area contributed by atoms with E-state index in [1.807, 2.05) is 30.3 Å². The van der Waals surface area contributed by atoms with Crippen LogP contribution in [-0.4, -0.2) is 38.6 Å². The summed E-state index contributed by atoms with van der Waals surface area (Å²) in [5.41, 5.74) is 3.84. The molecule has 0 fully saturated rings. The number of ketones is 1. The Labute approximate surface area is 234 Å². The summed E-state index contributed by atoms with van der Waals surface area (Å²) in [5.74, 6) is -1.06. The molecule has 3 N–H and O–H groups in total. The Bertz CT molecular complexity index is 1700. The molecule has 0 atom stereocenters. The van der Waals surface area contributed by atoms with Crippen molar-refractivity contribution in [2.45, 2.75) is 20.8 Å². The summed E-state index contributed by atoms with van der Waals surface area (Å²) in [6.45, 7) is 4.49.